The van der Waals surface area contributed by atoms with Crippen LogP contribution in [-0.2, 0) is 0 Å². The minimum atomic E-state index is 0.0582. The molecule has 0 radical (unpaired) electrons. The molecule has 2 nitrogen and oxygen atoms in total. The van der Waals surface area contributed by atoms with Crippen molar-refractivity contribution in [2.75, 3.05) is 13.1 Å². The molecule has 0 aliphatic carbocycles. The van der Waals surface area contributed by atoms with E-state index >= 15 is 0 Å². The molecule has 0 spiro atoms. The zero-order valence-electron chi connectivity index (χ0n) is 15.7. The molecule has 22 heavy (non-hydrogen) atoms. The van der Waals surface area contributed by atoms with Crippen molar-refractivity contribution in [1.29, 1.82) is 0 Å². The molecule has 0 bridgehead atoms. The number of likely N-dealkylation sites (tertiary alicyclic amines) is 1. The molecule has 1 fully saturated rings. The van der Waals surface area contributed by atoms with Crippen molar-refractivity contribution in [3.63, 3.8) is 0 Å². The molecular weight excluding hydrogens is 268 g/mol. The van der Waals surface area contributed by atoms with E-state index < -0.39 is 0 Å². The van der Waals surface area contributed by atoms with Crippen LogP contribution in [0.25, 0.3) is 0 Å². The fourth-order valence-corrected chi connectivity index (χ4v) is 3.81. The largest absolute Gasteiger partial charge is 0.324 e. The standard InChI is InChI=1S/C20H42N2/c1-4-6-8-10-12-14-19(15-13-11-9-7-5-2)22-17-16-20(3,21)18-22/h19H,4-18,21H2,1-3H3. The van der Waals surface area contributed by atoms with E-state index in [1.807, 2.05) is 0 Å². The molecular formula is C20H42N2. The minimum absolute atomic E-state index is 0.0582. The third-order valence-electron chi connectivity index (χ3n) is 5.33. The van der Waals surface area contributed by atoms with Gasteiger partial charge in [0.2, 0.25) is 0 Å². The molecule has 1 rings (SSSR count). The average Bonchev–Trinajstić information content (AvgIpc) is 2.84. The van der Waals surface area contributed by atoms with E-state index in [1.54, 1.807) is 0 Å². The molecule has 0 aromatic carbocycles. The van der Waals surface area contributed by atoms with E-state index in [4.69, 9.17) is 5.73 Å². The third-order valence-corrected chi connectivity index (χ3v) is 5.33. The van der Waals surface area contributed by atoms with E-state index in [0.29, 0.717) is 0 Å². The summed E-state index contributed by atoms with van der Waals surface area (Å²) in [5, 5.41) is 0. The van der Waals surface area contributed by atoms with Crippen LogP contribution in [-0.4, -0.2) is 29.6 Å². The molecule has 2 N–H and O–H groups in total. The molecule has 1 saturated heterocycles. The van der Waals surface area contributed by atoms with Gasteiger partial charge in [0.05, 0.1) is 0 Å². The zero-order valence-corrected chi connectivity index (χ0v) is 15.7. The van der Waals surface area contributed by atoms with Gasteiger partial charge < -0.3 is 5.73 Å². The van der Waals surface area contributed by atoms with E-state index in [9.17, 15) is 0 Å². The summed E-state index contributed by atoms with van der Waals surface area (Å²) in [4.78, 5) is 2.71. The van der Waals surface area contributed by atoms with Gasteiger partial charge in [-0.25, -0.2) is 0 Å². The van der Waals surface area contributed by atoms with Gasteiger partial charge in [-0.15, -0.1) is 0 Å². The zero-order chi connectivity index (χ0) is 16.3. The summed E-state index contributed by atoms with van der Waals surface area (Å²) >= 11 is 0. The van der Waals surface area contributed by atoms with E-state index in [-0.39, 0.29) is 5.54 Å². The monoisotopic (exact) mass is 310 g/mol. The van der Waals surface area contributed by atoms with Gasteiger partial charge in [-0.2, -0.15) is 0 Å². The lowest BCUT2D eigenvalue weighted by Crippen LogP contribution is -2.42. The van der Waals surface area contributed by atoms with Crippen molar-refractivity contribution in [3.05, 3.63) is 0 Å². The molecule has 0 saturated carbocycles. The normalized spacial score (nSPS) is 22.8. The summed E-state index contributed by atoms with van der Waals surface area (Å²) in [5.74, 6) is 0. The lowest BCUT2D eigenvalue weighted by molar-refractivity contribution is 0.199. The fourth-order valence-electron chi connectivity index (χ4n) is 3.81. The molecule has 2 heteroatoms. The second kappa shape index (κ2) is 11.5. The van der Waals surface area contributed by atoms with Crippen LogP contribution in [0.3, 0.4) is 0 Å². The molecule has 1 aliphatic rings. The van der Waals surface area contributed by atoms with Gasteiger partial charge in [0, 0.05) is 24.7 Å². The van der Waals surface area contributed by atoms with Crippen LogP contribution in [0.2, 0.25) is 0 Å². The Kier molecular flexibility index (Phi) is 10.4. The van der Waals surface area contributed by atoms with Crippen LogP contribution in [0.5, 0.6) is 0 Å². The molecule has 0 aromatic heterocycles. The van der Waals surface area contributed by atoms with Crippen molar-refractivity contribution >= 4 is 0 Å². The van der Waals surface area contributed by atoms with Gasteiger partial charge in [0.25, 0.3) is 0 Å². The summed E-state index contributed by atoms with van der Waals surface area (Å²) in [6, 6.07) is 0.800. The highest BCUT2D eigenvalue weighted by molar-refractivity contribution is 4.93. The fraction of sp³-hybridized carbons (Fsp3) is 1.00. The van der Waals surface area contributed by atoms with E-state index in [1.165, 1.54) is 90.0 Å². The predicted octanol–water partition coefficient (Wildman–Crippen LogP) is 5.50. The van der Waals surface area contributed by atoms with Crippen LogP contribution in [0.1, 0.15) is 104 Å². The summed E-state index contributed by atoms with van der Waals surface area (Å²) in [6.07, 6.45) is 18.0. The maximum absolute atomic E-state index is 6.35. The van der Waals surface area contributed by atoms with Crippen LogP contribution in [0, 0.1) is 0 Å². The topological polar surface area (TPSA) is 29.3 Å². The first-order chi connectivity index (χ1) is 10.6. The molecule has 1 aliphatic heterocycles. The van der Waals surface area contributed by atoms with Crippen molar-refractivity contribution in [1.82, 2.24) is 4.90 Å². The van der Waals surface area contributed by atoms with Crippen molar-refractivity contribution in [2.24, 2.45) is 5.73 Å². The first kappa shape index (κ1) is 20.0. The highest BCUT2D eigenvalue weighted by Gasteiger charge is 2.33. The number of hydrogen-bond donors (Lipinski definition) is 1. The van der Waals surface area contributed by atoms with Gasteiger partial charge >= 0.3 is 0 Å². The second-order valence-electron chi connectivity index (χ2n) is 7.93. The van der Waals surface area contributed by atoms with Crippen molar-refractivity contribution < 1.29 is 0 Å². The van der Waals surface area contributed by atoms with E-state index in [0.717, 1.165) is 12.6 Å². The highest BCUT2D eigenvalue weighted by atomic mass is 15.2. The summed E-state index contributed by atoms with van der Waals surface area (Å²) < 4.78 is 0. The molecule has 0 aromatic rings. The first-order valence-corrected chi connectivity index (χ1v) is 10.1. The van der Waals surface area contributed by atoms with Crippen LogP contribution >= 0.6 is 0 Å². The number of nitrogens with zero attached hydrogens (tertiary/aromatic N) is 1. The van der Waals surface area contributed by atoms with Crippen LogP contribution in [0.4, 0.5) is 0 Å². The summed E-state index contributed by atoms with van der Waals surface area (Å²) in [5.41, 5.74) is 6.41. The average molecular weight is 311 g/mol. The Morgan fingerprint density at radius 3 is 1.77 bits per heavy atom. The van der Waals surface area contributed by atoms with Gasteiger partial charge in [0.1, 0.15) is 0 Å². The van der Waals surface area contributed by atoms with E-state index in [2.05, 4.69) is 25.7 Å². The molecule has 1 heterocycles. The predicted molar refractivity (Wildman–Crippen MR) is 99.3 cm³/mol. The quantitative estimate of drug-likeness (QED) is 0.455. The number of nitrogens with two attached hydrogens (primary N) is 1. The Morgan fingerprint density at radius 1 is 0.864 bits per heavy atom. The van der Waals surface area contributed by atoms with Gasteiger partial charge in [-0.05, 0) is 26.2 Å². The smallest absolute Gasteiger partial charge is 0.0267 e. The molecule has 1 atom stereocenters. The lowest BCUT2D eigenvalue weighted by atomic mass is 9.99. The number of unbranched alkanes of at least 4 members (excludes halogenated alkanes) is 8. The van der Waals surface area contributed by atoms with Crippen LogP contribution < -0.4 is 5.73 Å². The van der Waals surface area contributed by atoms with Crippen molar-refractivity contribution in [3.8, 4) is 0 Å². The molecule has 1 unspecified atom stereocenters. The number of rotatable bonds is 13. The maximum atomic E-state index is 6.35. The Labute approximate surface area is 140 Å². The van der Waals surface area contributed by atoms with Gasteiger partial charge in [0.15, 0.2) is 0 Å². The Bertz CT molecular complexity index is 248. The van der Waals surface area contributed by atoms with Crippen LogP contribution in [0.15, 0.2) is 0 Å². The lowest BCUT2D eigenvalue weighted by Gasteiger charge is -2.29. The highest BCUT2D eigenvalue weighted by Crippen LogP contribution is 2.25. The van der Waals surface area contributed by atoms with Crippen molar-refractivity contribution in [2.45, 2.75) is 116 Å². The summed E-state index contributed by atoms with van der Waals surface area (Å²) in [6.45, 7) is 9.16. The molecule has 132 valence electrons. The number of hydrogen-bond acceptors (Lipinski definition) is 2. The summed E-state index contributed by atoms with van der Waals surface area (Å²) in [7, 11) is 0. The third kappa shape index (κ3) is 8.53. The Hall–Kier alpha value is -0.0800. The second-order valence-corrected chi connectivity index (χ2v) is 7.93. The minimum Gasteiger partial charge on any atom is -0.324 e. The first-order valence-electron chi connectivity index (χ1n) is 10.1. The Morgan fingerprint density at radius 2 is 1.36 bits per heavy atom. The van der Waals surface area contributed by atoms with Gasteiger partial charge in [-0.3, -0.25) is 4.90 Å². The Balaban J connectivity index is 2.29. The maximum Gasteiger partial charge on any atom is 0.0267 e. The molecule has 0 amide bonds. The van der Waals surface area contributed by atoms with Gasteiger partial charge in [-0.1, -0.05) is 78.1 Å². The SMILES string of the molecule is CCCCCCCC(CCCCCCC)N1CCC(C)(N)C1.